The highest BCUT2D eigenvalue weighted by molar-refractivity contribution is 7.17. The first-order chi connectivity index (χ1) is 14.9. The van der Waals surface area contributed by atoms with Crippen LogP contribution in [0.2, 0.25) is 0 Å². The monoisotopic (exact) mass is 439 g/mol. The molecule has 0 aliphatic carbocycles. The van der Waals surface area contributed by atoms with Gasteiger partial charge < -0.3 is 19.5 Å². The average Bonchev–Trinajstić information content (AvgIpc) is 3.10. The molecule has 1 heterocycles. The molecule has 0 saturated heterocycles. The number of ether oxygens (including phenoxy) is 3. The molecule has 0 saturated carbocycles. The maximum absolute atomic E-state index is 12.8. The quantitative estimate of drug-likeness (QED) is 0.481. The Bertz CT molecular complexity index is 1060. The molecule has 3 rings (SSSR count). The van der Waals surface area contributed by atoms with Crippen LogP contribution in [-0.2, 0) is 9.53 Å². The number of carbonyl (C=O) groups excluding carboxylic acids is 2. The molecule has 0 aliphatic heterocycles. The van der Waals surface area contributed by atoms with Crippen LogP contribution in [0.1, 0.15) is 29.1 Å². The summed E-state index contributed by atoms with van der Waals surface area (Å²) in [5, 5.41) is 3.30. The van der Waals surface area contributed by atoms with Crippen LogP contribution in [0.4, 0.5) is 5.00 Å². The second kappa shape index (κ2) is 10.1. The van der Waals surface area contributed by atoms with Crippen LogP contribution >= 0.6 is 11.3 Å². The Balaban J connectivity index is 1.87. The molecule has 7 heteroatoms. The molecular weight excluding hydrogens is 414 g/mol. The summed E-state index contributed by atoms with van der Waals surface area (Å²) in [6.45, 7) is 5.56. The van der Waals surface area contributed by atoms with Gasteiger partial charge in [-0.1, -0.05) is 36.4 Å². The third kappa shape index (κ3) is 5.24. The number of nitrogens with one attached hydrogen (secondary N) is 1. The number of hydrogen-bond acceptors (Lipinski definition) is 6. The zero-order valence-corrected chi connectivity index (χ0v) is 18.7. The summed E-state index contributed by atoms with van der Waals surface area (Å²) in [5.41, 5.74) is 2.01. The lowest BCUT2D eigenvalue weighted by Crippen LogP contribution is -2.30. The van der Waals surface area contributed by atoms with Crippen molar-refractivity contribution in [1.29, 1.82) is 0 Å². The fraction of sp³-hybridized carbons (Fsp3) is 0.250. The zero-order valence-electron chi connectivity index (χ0n) is 17.9. The molecule has 1 aromatic heterocycles. The van der Waals surface area contributed by atoms with Crippen molar-refractivity contribution in [2.24, 2.45) is 0 Å². The minimum Gasteiger partial charge on any atom is -0.497 e. The van der Waals surface area contributed by atoms with Gasteiger partial charge in [0, 0.05) is 16.5 Å². The standard InChI is InChI=1S/C24H25NO5S/c1-5-29-24(27)21-20(17-10-7-6-8-11-17)16(3)31-23(21)25-22(26)15(2)30-19-13-9-12-18(14-19)28-4/h6-15H,5H2,1-4H3,(H,25,26). The highest BCUT2D eigenvalue weighted by Crippen LogP contribution is 2.40. The van der Waals surface area contributed by atoms with Crippen LogP contribution < -0.4 is 14.8 Å². The molecule has 0 radical (unpaired) electrons. The number of aryl methyl sites for hydroxylation is 1. The Labute approximate surface area is 185 Å². The lowest BCUT2D eigenvalue weighted by atomic mass is 10.0. The van der Waals surface area contributed by atoms with E-state index in [0.717, 1.165) is 16.0 Å². The number of hydrogen-bond donors (Lipinski definition) is 1. The maximum Gasteiger partial charge on any atom is 0.341 e. The summed E-state index contributed by atoms with van der Waals surface area (Å²) in [6, 6.07) is 16.6. The first-order valence-electron chi connectivity index (χ1n) is 9.92. The SMILES string of the molecule is CCOC(=O)c1c(NC(=O)C(C)Oc2cccc(OC)c2)sc(C)c1-c1ccccc1. The molecule has 0 aliphatic rings. The van der Waals surface area contributed by atoms with Crippen LogP contribution in [0.15, 0.2) is 54.6 Å². The largest absolute Gasteiger partial charge is 0.497 e. The normalized spacial score (nSPS) is 11.5. The Hall–Kier alpha value is -3.32. The highest BCUT2D eigenvalue weighted by Gasteiger charge is 2.27. The molecule has 6 nitrogen and oxygen atoms in total. The van der Waals surface area contributed by atoms with Gasteiger partial charge >= 0.3 is 5.97 Å². The number of thiophene rings is 1. The highest BCUT2D eigenvalue weighted by atomic mass is 32.1. The van der Waals surface area contributed by atoms with E-state index in [-0.39, 0.29) is 12.5 Å². The van der Waals surface area contributed by atoms with E-state index in [1.165, 1.54) is 11.3 Å². The summed E-state index contributed by atoms with van der Waals surface area (Å²) < 4.78 is 16.2. The first-order valence-corrected chi connectivity index (χ1v) is 10.7. The molecule has 2 aromatic carbocycles. The van der Waals surface area contributed by atoms with Gasteiger partial charge in [-0.15, -0.1) is 11.3 Å². The molecule has 0 fully saturated rings. The smallest absolute Gasteiger partial charge is 0.341 e. The van der Waals surface area contributed by atoms with Crippen LogP contribution in [-0.4, -0.2) is 31.7 Å². The third-order valence-electron chi connectivity index (χ3n) is 4.59. The number of anilines is 1. The second-order valence-electron chi connectivity index (χ2n) is 6.75. The average molecular weight is 440 g/mol. The van der Waals surface area contributed by atoms with E-state index in [1.54, 1.807) is 45.2 Å². The van der Waals surface area contributed by atoms with E-state index < -0.39 is 12.1 Å². The number of rotatable bonds is 8. The molecule has 1 unspecified atom stereocenters. The predicted molar refractivity (Wildman–Crippen MR) is 122 cm³/mol. The van der Waals surface area contributed by atoms with Crippen LogP contribution in [0.3, 0.4) is 0 Å². The van der Waals surface area contributed by atoms with Gasteiger partial charge in [-0.3, -0.25) is 4.79 Å². The summed E-state index contributed by atoms with van der Waals surface area (Å²) in [7, 11) is 1.57. The maximum atomic E-state index is 12.8. The summed E-state index contributed by atoms with van der Waals surface area (Å²) in [6.07, 6.45) is -0.787. The van der Waals surface area contributed by atoms with Gasteiger partial charge in [-0.2, -0.15) is 0 Å². The lowest BCUT2D eigenvalue weighted by molar-refractivity contribution is -0.122. The fourth-order valence-electron chi connectivity index (χ4n) is 3.13. The summed E-state index contributed by atoms with van der Waals surface area (Å²) >= 11 is 1.34. The first kappa shape index (κ1) is 22.4. The summed E-state index contributed by atoms with van der Waals surface area (Å²) in [4.78, 5) is 26.5. The number of methoxy groups -OCH3 is 1. The van der Waals surface area contributed by atoms with Crippen LogP contribution in [0.25, 0.3) is 11.1 Å². The molecule has 1 N–H and O–H groups in total. The van der Waals surface area contributed by atoms with Crippen molar-refractivity contribution in [1.82, 2.24) is 0 Å². The molecule has 1 atom stereocenters. The fourth-order valence-corrected chi connectivity index (χ4v) is 4.20. The van der Waals surface area contributed by atoms with E-state index in [1.807, 2.05) is 37.3 Å². The number of carbonyl (C=O) groups is 2. The topological polar surface area (TPSA) is 73.9 Å². The minimum atomic E-state index is -0.787. The summed E-state index contributed by atoms with van der Waals surface area (Å²) in [5.74, 6) is 0.313. The van der Waals surface area contributed by atoms with Crippen molar-refractivity contribution in [3.63, 3.8) is 0 Å². The van der Waals surface area contributed by atoms with Crippen molar-refractivity contribution in [2.75, 3.05) is 19.0 Å². The van der Waals surface area contributed by atoms with Crippen molar-refractivity contribution in [3.05, 3.63) is 65.0 Å². The Morgan fingerprint density at radius 3 is 2.45 bits per heavy atom. The number of amides is 1. The third-order valence-corrected chi connectivity index (χ3v) is 5.61. The van der Waals surface area contributed by atoms with Crippen LogP contribution in [0.5, 0.6) is 11.5 Å². The van der Waals surface area contributed by atoms with E-state index in [2.05, 4.69) is 5.32 Å². The van der Waals surface area contributed by atoms with E-state index in [0.29, 0.717) is 22.1 Å². The van der Waals surface area contributed by atoms with Gasteiger partial charge in [0.1, 0.15) is 22.1 Å². The Kier molecular flexibility index (Phi) is 7.31. The number of esters is 1. The second-order valence-corrected chi connectivity index (χ2v) is 7.98. The van der Waals surface area contributed by atoms with Crippen molar-refractivity contribution in [3.8, 4) is 22.6 Å². The molecule has 3 aromatic rings. The van der Waals surface area contributed by atoms with Crippen molar-refractivity contribution >= 4 is 28.2 Å². The lowest BCUT2D eigenvalue weighted by Gasteiger charge is -2.15. The molecule has 0 bridgehead atoms. The molecule has 1 amide bonds. The van der Waals surface area contributed by atoms with Gasteiger partial charge in [0.25, 0.3) is 5.91 Å². The molecular formula is C24H25NO5S. The van der Waals surface area contributed by atoms with Gasteiger partial charge in [0.2, 0.25) is 0 Å². The molecule has 0 spiro atoms. The van der Waals surface area contributed by atoms with Gasteiger partial charge in [0.05, 0.1) is 13.7 Å². The van der Waals surface area contributed by atoms with Gasteiger partial charge in [0.15, 0.2) is 6.10 Å². The van der Waals surface area contributed by atoms with Crippen molar-refractivity contribution < 1.29 is 23.8 Å². The Morgan fingerprint density at radius 1 is 1.06 bits per heavy atom. The zero-order chi connectivity index (χ0) is 22.4. The van der Waals surface area contributed by atoms with E-state index in [4.69, 9.17) is 14.2 Å². The van der Waals surface area contributed by atoms with E-state index in [9.17, 15) is 9.59 Å². The number of benzene rings is 2. The van der Waals surface area contributed by atoms with Gasteiger partial charge in [-0.25, -0.2) is 4.79 Å². The Morgan fingerprint density at radius 2 is 1.77 bits per heavy atom. The van der Waals surface area contributed by atoms with Gasteiger partial charge in [-0.05, 0) is 38.5 Å². The van der Waals surface area contributed by atoms with Crippen LogP contribution in [0, 0.1) is 6.92 Å². The molecule has 162 valence electrons. The minimum absolute atomic E-state index is 0.241. The van der Waals surface area contributed by atoms with Crippen molar-refractivity contribution in [2.45, 2.75) is 26.9 Å². The van der Waals surface area contributed by atoms with E-state index >= 15 is 0 Å². The molecule has 31 heavy (non-hydrogen) atoms. The predicted octanol–water partition coefficient (Wildman–Crippen LogP) is 5.31.